The molecule has 0 amide bonds. The van der Waals surface area contributed by atoms with Gasteiger partial charge in [-0.05, 0) is 79.0 Å². The highest BCUT2D eigenvalue weighted by Crippen LogP contribution is 2.36. The Hall–Kier alpha value is -5.54. The number of H-pyrrole nitrogens is 2. The number of hydrogen-bond donors (Lipinski definition) is 2. The lowest BCUT2D eigenvalue weighted by molar-refractivity contribution is 0.237. The van der Waals surface area contributed by atoms with E-state index in [4.69, 9.17) is 9.47 Å². The van der Waals surface area contributed by atoms with E-state index in [-0.39, 0.29) is 5.82 Å². The van der Waals surface area contributed by atoms with Crippen LogP contribution < -0.4 is 9.47 Å². The summed E-state index contributed by atoms with van der Waals surface area (Å²) < 4.78 is 26.9. The maximum Gasteiger partial charge on any atom is 0.181 e. The summed E-state index contributed by atoms with van der Waals surface area (Å²) in [5.74, 6) is 0.891. The third kappa shape index (κ3) is 6.17. The molecule has 8 nitrogen and oxygen atoms in total. The number of likely N-dealkylation sites (tertiary alicyclic amines) is 1. The first kappa shape index (κ1) is 28.9. The van der Waals surface area contributed by atoms with Crippen molar-refractivity contribution in [1.29, 1.82) is 0 Å². The van der Waals surface area contributed by atoms with Gasteiger partial charge in [0.05, 0.1) is 17.6 Å². The Morgan fingerprint density at radius 1 is 0.766 bits per heavy atom. The number of nitrogens with one attached hydrogen (secondary N) is 2. The van der Waals surface area contributed by atoms with Gasteiger partial charge in [0.15, 0.2) is 5.65 Å². The zero-order valence-corrected chi connectivity index (χ0v) is 25.7. The largest absolute Gasteiger partial charge is 0.492 e. The van der Waals surface area contributed by atoms with Gasteiger partial charge in [0.1, 0.15) is 30.5 Å². The summed E-state index contributed by atoms with van der Waals surface area (Å²) in [6, 6.07) is 27.1. The number of ether oxygens (including phenoxy) is 2. The zero-order valence-electron chi connectivity index (χ0n) is 25.7. The lowest BCUT2D eigenvalue weighted by Crippen LogP contribution is -2.25. The summed E-state index contributed by atoms with van der Waals surface area (Å²) in [6.07, 6.45) is 7.77. The lowest BCUT2D eigenvalue weighted by Gasteiger charge is -2.15. The van der Waals surface area contributed by atoms with E-state index in [9.17, 15) is 4.39 Å². The quantitative estimate of drug-likeness (QED) is 0.160. The van der Waals surface area contributed by atoms with Crippen LogP contribution in [-0.4, -0.2) is 56.3 Å². The SMILES string of the molecule is Fc1cc(OCCN2CCCC2)cc(-c2cccc3[nH]c(-c4[nH]nc5ncc(-c6cncc(OCc7ccccc7)c6)cc45)cc23)c1. The van der Waals surface area contributed by atoms with Gasteiger partial charge < -0.3 is 14.5 Å². The second-order valence-electron chi connectivity index (χ2n) is 11.9. The van der Waals surface area contributed by atoms with Gasteiger partial charge in [0, 0.05) is 52.4 Å². The first-order valence-corrected chi connectivity index (χ1v) is 15.9. The van der Waals surface area contributed by atoms with E-state index in [1.54, 1.807) is 24.7 Å². The first-order chi connectivity index (χ1) is 23.2. The molecule has 1 aliphatic heterocycles. The fourth-order valence-corrected chi connectivity index (χ4v) is 6.30. The summed E-state index contributed by atoms with van der Waals surface area (Å²) >= 11 is 0. The molecule has 5 heterocycles. The van der Waals surface area contributed by atoms with Crippen molar-refractivity contribution in [1.82, 2.24) is 30.0 Å². The van der Waals surface area contributed by atoms with Crippen LogP contribution in [0.2, 0.25) is 0 Å². The van der Waals surface area contributed by atoms with Gasteiger partial charge in [-0.1, -0.05) is 42.5 Å². The molecular weight excluding hydrogens is 591 g/mol. The van der Waals surface area contributed by atoms with Gasteiger partial charge in [-0.15, -0.1) is 0 Å². The molecule has 7 aromatic rings. The third-order valence-electron chi connectivity index (χ3n) is 8.70. The predicted octanol–water partition coefficient (Wildman–Crippen LogP) is 8.03. The number of aromatic nitrogens is 5. The fourth-order valence-electron chi connectivity index (χ4n) is 6.30. The minimum absolute atomic E-state index is 0.325. The molecule has 4 aromatic heterocycles. The summed E-state index contributed by atoms with van der Waals surface area (Å²) in [5, 5.41) is 9.48. The van der Waals surface area contributed by atoms with E-state index in [0.29, 0.717) is 30.4 Å². The summed E-state index contributed by atoms with van der Waals surface area (Å²) in [6.45, 7) is 4.05. The minimum Gasteiger partial charge on any atom is -0.492 e. The summed E-state index contributed by atoms with van der Waals surface area (Å²) in [5.41, 5.74) is 7.74. The van der Waals surface area contributed by atoms with E-state index in [0.717, 1.165) is 75.1 Å². The van der Waals surface area contributed by atoms with E-state index < -0.39 is 0 Å². The maximum absolute atomic E-state index is 14.8. The van der Waals surface area contributed by atoms with Gasteiger partial charge in [-0.2, -0.15) is 5.10 Å². The average Bonchev–Trinajstić information content (AvgIpc) is 3.87. The van der Waals surface area contributed by atoms with Gasteiger partial charge in [0.25, 0.3) is 0 Å². The van der Waals surface area contributed by atoms with Crippen LogP contribution >= 0.6 is 0 Å². The molecule has 0 unspecified atom stereocenters. The Morgan fingerprint density at radius 2 is 1.62 bits per heavy atom. The number of halogens is 1. The predicted molar refractivity (Wildman–Crippen MR) is 182 cm³/mol. The average molecular weight is 625 g/mol. The zero-order chi connectivity index (χ0) is 31.6. The normalized spacial score (nSPS) is 13.5. The molecular formula is C38H33FN6O2. The molecule has 0 saturated carbocycles. The van der Waals surface area contributed by atoms with Crippen LogP contribution in [0.3, 0.4) is 0 Å². The van der Waals surface area contributed by atoms with Crippen LogP contribution in [-0.2, 0) is 6.61 Å². The van der Waals surface area contributed by atoms with Crippen molar-refractivity contribution in [3.8, 4) is 45.1 Å². The van der Waals surface area contributed by atoms with Crippen LogP contribution in [0.1, 0.15) is 18.4 Å². The monoisotopic (exact) mass is 624 g/mol. The van der Waals surface area contributed by atoms with Gasteiger partial charge >= 0.3 is 0 Å². The lowest BCUT2D eigenvalue weighted by atomic mass is 10.0. The number of aromatic amines is 2. The Morgan fingerprint density at radius 3 is 2.51 bits per heavy atom. The molecule has 47 heavy (non-hydrogen) atoms. The Balaban J connectivity index is 1.08. The molecule has 234 valence electrons. The fraction of sp³-hybridized carbons (Fsp3) is 0.184. The van der Waals surface area contributed by atoms with E-state index in [1.165, 1.54) is 18.9 Å². The van der Waals surface area contributed by atoms with Crippen LogP contribution in [0.25, 0.3) is 55.6 Å². The summed E-state index contributed by atoms with van der Waals surface area (Å²) in [4.78, 5) is 15.0. The molecule has 2 N–H and O–H groups in total. The summed E-state index contributed by atoms with van der Waals surface area (Å²) in [7, 11) is 0. The van der Waals surface area contributed by atoms with Crippen molar-refractivity contribution in [2.45, 2.75) is 19.4 Å². The van der Waals surface area contributed by atoms with E-state index >= 15 is 0 Å². The molecule has 8 rings (SSSR count). The molecule has 9 heteroatoms. The number of hydrogen-bond acceptors (Lipinski definition) is 6. The van der Waals surface area contributed by atoms with Crippen molar-refractivity contribution < 1.29 is 13.9 Å². The highest BCUT2D eigenvalue weighted by molar-refractivity contribution is 6.01. The van der Waals surface area contributed by atoms with E-state index in [1.807, 2.05) is 60.7 Å². The Bertz CT molecular complexity index is 2170. The van der Waals surface area contributed by atoms with Crippen molar-refractivity contribution in [2.75, 3.05) is 26.2 Å². The van der Waals surface area contributed by atoms with Crippen LogP contribution in [0.5, 0.6) is 11.5 Å². The molecule has 1 fully saturated rings. The Labute approximate surface area is 271 Å². The molecule has 0 spiro atoms. The van der Waals surface area contributed by atoms with Crippen molar-refractivity contribution in [2.24, 2.45) is 0 Å². The minimum atomic E-state index is -0.325. The molecule has 0 bridgehead atoms. The van der Waals surface area contributed by atoms with Gasteiger partial charge in [0.2, 0.25) is 0 Å². The third-order valence-corrected chi connectivity index (χ3v) is 8.70. The molecule has 1 saturated heterocycles. The molecule has 0 radical (unpaired) electrons. The maximum atomic E-state index is 14.8. The van der Waals surface area contributed by atoms with Crippen molar-refractivity contribution in [3.63, 3.8) is 0 Å². The molecule has 3 aromatic carbocycles. The first-order valence-electron chi connectivity index (χ1n) is 15.9. The van der Waals surface area contributed by atoms with Crippen molar-refractivity contribution in [3.05, 3.63) is 115 Å². The van der Waals surface area contributed by atoms with Crippen LogP contribution in [0.15, 0.2) is 104 Å². The second kappa shape index (κ2) is 12.7. The van der Waals surface area contributed by atoms with Gasteiger partial charge in [-0.25, -0.2) is 9.37 Å². The highest BCUT2D eigenvalue weighted by atomic mass is 19.1. The number of nitrogens with zero attached hydrogens (tertiary/aromatic N) is 4. The second-order valence-corrected chi connectivity index (χ2v) is 11.9. The number of benzene rings is 3. The molecule has 1 aliphatic rings. The standard InChI is InChI=1S/C38H33FN6O2/c39-29-15-26(16-30(19-29)46-14-13-45-11-4-5-12-45)32-9-6-10-35-33(32)20-36(42-35)37-34-18-28(22-41-38(34)44-43-37)27-17-31(23-40-21-27)47-24-25-7-2-1-3-8-25/h1-3,6-10,15-23,42H,4-5,11-14,24H2,(H,41,43,44). The molecule has 0 atom stereocenters. The highest BCUT2D eigenvalue weighted by Gasteiger charge is 2.16. The number of rotatable bonds is 10. The van der Waals surface area contributed by atoms with Crippen molar-refractivity contribution >= 4 is 21.9 Å². The molecule has 0 aliphatic carbocycles. The topological polar surface area (TPSA) is 92.0 Å². The number of pyridine rings is 2. The number of fused-ring (bicyclic) bond motifs is 2. The smallest absolute Gasteiger partial charge is 0.181 e. The van der Waals surface area contributed by atoms with E-state index in [2.05, 4.69) is 42.2 Å². The Kier molecular flexibility index (Phi) is 7.80. The van der Waals surface area contributed by atoms with Crippen LogP contribution in [0, 0.1) is 5.82 Å². The van der Waals surface area contributed by atoms with Gasteiger partial charge in [-0.3, -0.25) is 15.0 Å². The van der Waals surface area contributed by atoms with Crippen LogP contribution in [0.4, 0.5) is 4.39 Å².